The fourth-order valence-electron chi connectivity index (χ4n) is 2.32. The van der Waals surface area contributed by atoms with Crippen LogP contribution in [-0.4, -0.2) is 13.6 Å². The van der Waals surface area contributed by atoms with Crippen LogP contribution in [0.2, 0.25) is 0 Å². The first-order valence-corrected chi connectivity index (χ1v) is 7.47. The summed E-state index contributed by atoms with van der Waals surface area (Å²) in [7, 11) is 2.12. The summed E-state index contributed by atoms with van der Waals surface area (Å²) in [5.41, 5.74) is 4.94. The first-order valence-electron chi connectivity index (χ1n) is 7.47. The van der Waals surface area contributed by atoms with Gasteiger partial charge in [0, 0.05) is 19.3 Å². The van der Waals surface area contributed by atoms with Gasteiger partial charge in [0.2, 0.25) is 0 Å². The van der Waals surface area contributed by atoms with E-state index in [0.717, 1.165) is 18.7 Å². The molecule has 0 saturated heterocycles. The summed E-state index contributed by atoms with van der Waals surface area (Å²) in [6, 6.07) is 8.45. The van der Waals surface area contributed by atoms with Crippen LogP contribution in [0.4, 0.5) is 11.4 Å². The first-order chi connectivity index (χ1) is 9.54. The number of hydrogen-bond acceptors (Lipinski definition) is 2. The molecule has 0 heterocycles. The van der Waals surface area contributed by atoms with Gasteiger partial charge in [-0.2, -0.15) is 0 Å². The SMILES string of the molecule is C=C/C(=C(\CC)Nc1ccccc1N(C)CC)C(C)C. The monoisotopic (exact) mass is 272 g/mol. The minimum absolute atomic E-state index is 0.478. The number of allylic oxidation sites excluding steroid dienone is 3. The van der Waals surface area contributed by atoms with E-state index in [1.165, 1.54) is 17.0 Å². The molecular formula is C18H28N2. The number of nitrogens with zero attached hydrogens (tertiary/aromatic N) is 1. The minimum Gasteiger partial charge on any atom is -0.373 e. The summed E-state index contributed by atoms with van der Waals surface area (Å²) < 4.78 is 0. The molecule has 0 unspecified atom stereocenters. The van der Waals surface area contributed by atoms with E-state index >= 15 is 0 Å². The fourth-order valence-corrected chi connectivity index (χ4v) is 2.32. The molecule has 1 aromatic carbocycles. The van der Waals surface area contributed by atoms with Crippen LogP contribution in [0.15, 0.2) is 48.2 Å². The van der Waals surface area contributed by atoms with E-state index in [9.17, 15) is 0 Å². The van der Waals surface area contributed by atoms with E-state index in [4.69, 9.17) is 0 Å². The molecule has 0 aliphatic heterocycles. The van der Waals surface area contributed by atoms with Crippen LogP contribution >= 0.6 is 0 Å². The predicted octanol–water partition coefficient (Wildman–Crippen LogP) is 5.06. The summed E-state index contributed by atoms with van der Waals surface area (Å²) in [5, 5.41) is 3.61. The highest BCUT2D eigenvalue weighted by atomic mass is 15.1. The molecule has 0 bridgehead atoms. The topological polar surface area (TPSA) is 15.3 Å². The zero-order valence-electron chi connectivity index (χ0n) is 13.5. The van der Waals surface area contributed by atoms with Crippen molar-refractivity contribution in [1.29, 1.82) is 0 Å². The van der Waals surface area contributed by atoms with Crippen LogP contribution < -0.4 is 10.2 Å². The van der Waals surface area contributed by atoms with Crippen LogP contribution in [0.25, 0.3) is 0 Å². The van der Waals surface area contributed by atoms with Gasteiger partial charge >= 0.3 is 0 Å². The average molecular weight is 272 g/mol. The Labute approximate surface area is 124 Å². The highest BCUT2D eigenvalue weighted by molar-refractivity contribution is 5.71. The maximum atomic E-state index is 3.96. The molecular weight excluding hydrogens is 244 g/mol. The summed E-state index contributed by atoms with van der Waals surface area (Å²) in [4.78, 5) is 2.25. The largest absolute Gasteiger partial charge is 0.373 e. The van der Waals surface area contributed by atoms with E-state index in [1.807, 2.05) is 6.08 Å². The Morgan fingerprint density at radius 2 is 1.95 bits per heavy atom. The summed E-state index contributed by atoms with van der Waals surface area (Å²) in [5.74, 6) is 0.478. The minimum atomic E-state index is 0.478. The number of rotatable bonds is 7. The third kappa shape index (κ3) is 3.89. The molecule has 2 heteroatoms. The van der Waals surface area contributed by atoms with Gasteiger partial charge in [-0.3, -0.25) is 0 Å². The highest BCUT2D eigenvalue weighted by Gasteiger charge is 2.10. The molecule has 1 aromatic rings. The van der Waals surface area contributed by atoms with Gasteiger partial charge < -0.3 is 10.2 Å². The van der Waals surface area contributed by atoms with Gasteiger partial charge in [0.05, 0.1) is 11.4 Å². The van der Waals surface area contributed by atoms with Crippen molar-refractivity contribution in [3.05, 3.63) is 48.2 Å². The lowest BCUT2D eigenvalue weighted by Crippen LogP contribution is -2.18. The molecule has 0 radical (unpaired) electrons. The molecule has 0 amide bonds. The van der Waals surface area contributed by atoms with Gasteiger partial charge in [-0.25, -0.2) is 0 Å². The van der Waals surface area contributed by atoms with E-state index in [2.05, 4.69) is 75.8 Å². The number of nitrogens with one attached hydrogen (secondary N) is 1. The Balaban J connectivity index is 3.17. The molecule has 0 aliphatic carbocycles. The third-order valence-electron chi connectivity index (χ3n) is 3.62. The van der Waals surface area contributed by atoms with Crippen molar-refractivity contribution in [2.45, 2.75) is 34.1 Å². The van der Waals surface area contributed by atoms with Crippen LogP contribution in [0.3, 0.4) is 0 Å². The molecule has 1 rings (SSSR count). The van der Waals surface area contributed by atoms with Crippen LogP contribution in [0.1, 0.15) is 34.1 Å². The number of benzene rings is 1. The van der Waals surface area contributed by atoms with E-state index in [1.54, 1.807) is 0 Å². The number of hydrogen-bond donors (Lipinski definition) is 1. The van der Waals surface area contributed by atoms with E-state index in [0.29, 0.717) is 5.92 Å². The van der Waals surface area contributed by atoms with Crippen molar-refractivity contribution in [1.82, 2.24) is 0 Å². The lowest BCUT2D eigenvalue weighted by molar-refractivity contribution is 0.773. The third-order valence-corrected chi connectivity index (χ3v) is 3.62. The number of para-hydroxylation sites is 2. The highest BCUT2D eigenvalue weighted by Crippen LogP contribution is 2.28. The Hall–Kier alpha value is -1.70. The zero-order chi connectivity index (χ0) is 15.1. The Kier molecular flexibility index (Phi) is 6.37. The quantitative estimate of drug-likeness (QED) is 0.698. The van der Waals surface area contributed by atoms with Crippen LogP contribution in [0.5, 0.6) is 0 Å². The molecule has 0 aromatic heterocycles. The zero-order valence-corrected chi connectivity index (χ0v) is 13.5. The summed E-state index contributed by atoms with van der Waals surface area (Å²) in [6.45, 7) is 13.7. The molecule has 1 N–H and O–H groups in total. The standard InChI is InChI=1S/C18H28N2/c1-7-15(14(4)5)16(8-2)19-17-12-10-11-13-18(17)20(6)9-3/h7,10-14,19H,1,8-9H2,2-6H3/b16-15-. The second-order valence-electron chi connectivity index (χ2n) is 5.30. The van der Waals surface area contributed by atoms with Gasteiger partial charge in [-0.05, 0) is 37.0 Å². The molecule has 2 nitrogen and oxygen atoms in total. The van der Waals surface area contributed by atoms with Gasteiger partial charge in [0.15, 0.2) is 0 Å². The van der Waals surface area contributed by atoms with Crippen molar-refractivity contribution in [3.8, 4) is 0 Å². The molecule has 110 valence electrons. The normalized spacial score (nSPS) is 12.1. The van der Waals surface area contributed by atoms with Crippen molar-refractivity contribution < 1.29 is 0 Å². The van der Waals surface area contributed by atoms with Gasteiger partial charge in [0.25, 0.3) is 0 Å². The van der Waals surface area contributed by atoms with Gasteiger partial charge in [-0.1, -0.05) is 45.6 Å². The van der Waals surface area contributed by atoms with Gasteiger partial charge in [-0.15, -0.1) is 0 Å². The van der Waals surface area contributed by atoms with E-state index in [-0.39, 0.29) is 0 Å². The lowest BCUT2D eigenvalue weighted by Gasteiger charge is -2.23. The van der Waals surface area contributed by atoms with Gasteiger partial charge in [0.1, 0.15) is 0 Å². The average Bonchev–Trinajstić information content (AvgIpc) is 2.46. The Bertz CT molecular complexity index is 472. The first kappa shape index (κ1) is 16.4. The summed E-state index contributed by atoms with van der Waals surface area (Å²) >= 11 is 0. The van der Waals surface area contributed by atoms with E-state index < -0.39 is 0 Å². The summed E-state index contributed by atoms with van der Waals surface area (Å²) in [6.07, 6.45) is 2.95. The second kappa shape index (κ2) is 7.78. The molecule has 0 saturated carbocycles. The molecule has 20 heavy (non-hydrogen) atoms. The fraction of sp³-hybridized carbons (Fsp3) is 0.444. The Morgan fingerprint density at radius 1 is 1.30 bits per heavy atom. The van der Waals surface area contributed by atoms with Crippen LogP contribution in [0, 0.1) is 5.92 Å². The smallest absolute Gasteiger partial charge is 0.0619 e. The molecule has 0 spiro atoms. The predicted molar refractivity (Wildman–Crippen MR) is 91.4 cm³/mol. The van der Waals surface area contributed by atoms with Crippen molar-refractivity contribution in [2.75, 3.05) is 23.8 Å². The second-order valence-corrected chi connectivity index (χ2v) is 5.30. The molecule has 0 atom stereocenters. The maximum absolute atomic E-state index is 3.96. The maximum Gasteiger partial charge on any atom is 0.0619 e. The lowest BCUT2D eigenvalue weighted by atomic mass is 9.99. The number of anilines is 2. The van der Waals surface area contributed by atoms with Crippen molar-refractivity contribution in [3.63, 3.8) is 0 Å². The van der Waals surface area contributed by atoms with Crippen LogP contribution in [-0.2, 0) is 0 Å². The molecule has 0 fully saturated rings. The van der Waals surface area contributed by atoms with Crippen molar-refractivity contribution >= 4 is 11.4 Å². The molecule has 0 aliphatic rings. The Morgan fingerprint density at radius 3 is 2.45 bits per heavy atom. The van der Waals surface area contributed by atoms with Crippen molar-refractivity contribution in [2.24, 2.45) is 5.92 Å².